The number of para-hydroxylation sites is 1. The Morgan fingerprint density at radius 1 is 0.553 bits per heavy atom. The fraction of sp³-hybridized carbons (Fsp3) is 0.0811. The molecule has 1 aromatic heterocycles. The van der Waals surface area contributed by atoms with Crippen molar-refractivity contribution in [3.8, 4) is 16.8 Å². The summed E-state index contributed by atoms with van der Waals surface area (Å²) in [7, 11) is 0. The number of fused-ring (bicyclic) bond motifs is 7. The Morgan fingerprint density at radius 2 is 1.32 bits per heavy atom. The van der Waals surface area contributed by atoms with E-state index in [1.807, 2.05) is 0 Å². The zero-order valence-corrected chi connectivity index (χ0v) is 21.6. The van der Waals surface area contributed by atoms with Crippen molar-refractivity contribution in [2.75, 3.05) is 0 Å². The second-order valence-electron chi connectivity index (χ2n) is 11.0. The molecule has 0 atom stereocenters. The third-order valence-corrected chi connectivity index (χ3v) is 8.55. The lowest BCUT2D eigenvalue weighted by Gasteiger charge is -2.21. The van der Waals surface area contributed by atoms with Crippen molar-refractivity contribution >= 4 is 44.7 Å². The van der Waals surface area contributed by atoms with Crippen LogP contribution >= 0.6 is 0 Å². The van der Waals surface area contributed by atoms with Crippen LogP contribution in [0.3, 0.4) is 0 Å². The molecule has 0 saturated heterocycles. The molecule has 0 amide bonds. The van der Waals surface area contributed by atoms with Gasteiger partial charge >= 0.3 is 0 Å². The molecule has 0 aliphatic heterocycles. The highest BCUT2D eigenvalue weighted by molar-refractivity contribution is 6.22. The maximum Gasteiger partial charge on any atom is 0.0620 e. The fourth-order valence-corrected chi connectivity index (χ4v) is 6.80. The van der Waals surface area contributed by atoms with Crippen molar-refractivity contribution in [3.63, 3.8) is 0 Å². The van der Waals surface area contributed by atoms with E-state index in [2.05, 4.69) is 146 Å². The first kappa shape index (κ1) is 21.5. The molecule has 1 heteroatoms. The molecule has 1 heterocycles. The van der Waals surface area contributed by atoms with Gasteiger partial charge in [-0.3, -0.25) is 0 Å². The molecule has 180 valence electrons. The normalized spacial score (nSPS) is 16.7. The van der Waals surface area contributed by atoms with E-state index in [-0.39, 0.29) is 5.41 Å². The molecule has 6 aromatic rings. The fourth-order valence-electron chi connectivity index (χ4n) is 6.80. The molecule has 0 bridgehead atoms. The molecule has 5 aromatic carbocycles. The summed E-state index contributed by atoms with van der Waals surface area (Å²) < 4.78 is 2.49. The van der Waals surface area contributed by atoms with Crippen LogP contribution in [0.15, 0.2) is 115 Å². The molecule has 0 radical (unpaired) electrons. The number of rotatable bonds is 1. The first-order valence-electron chi connectivity index (χ1n) is 13.4. The molecule has 0 saturated carbocycles. The Bertz CT molecular complexity index is 2030. The van der Waals surface area contributed by atoms with E-state index in [1.54, 1.807) is 0 Å². The minimum atomic E-state index is -0.0463. The van der Waals surface area contributed by atoms with Crippen molar-refractivity contribution < 1.29 is 0 Å². The summed E-state index contributed by atoms with van der Waals surface area (Å²) in [5, 5.41) is 5.18. The second kappa shape index (κ2) is 7.69. The van der Waals surface area contributed by atoms with Gasteiger partial charge in [-0.05, 0) is 69.1 Å². The predicted octanol–water partition coefficient (Wildman–Crippen LogP) is 9.84. The Kier molecular flexibility index (Phi) is 4.35. The molecule has 0 fully saturated rings. The van der Waals surface area contributed by atoms with Gasteiger partial charge < -0.3 is 4.57 Å². The maximum absolute atomic E-state index is 2.49. The van der Waals surface area contributed by atoms with Crippen LogP contribution < -0.4 is 0 Å². The van der Waals surface area contributed by atoms with Gasteiger partial charge in [0.05, 0.1) is 11.0 Å². The minimum Gasteiger partial charge on any atom is -0.309 e. The van der Waals surface area contributed by atoms with Crippen LogP contribution in [0.1, 0.15) is 36.1 Å². The third-order valence-electron chi connectivity index (χ3n) is 8.55. The van der Waals surface area contributed by atoms with Crippen LogP contribution in [-0.2, 0) is 5.41 Å². The summed E-state index contributed by atoms with van der Waals surface area (Å²) in [6.07, 6.45) is 13.0. The molecular formula is C37H27N. The number of hydrogen-bond acceptors (Lipinski definition) is 0. The van der Waals surface area contributed by atoms with Gasteiger partial charge in [-0.1, -0.05) is 111 Å². The van der Waals surface area contributed by atoms with Gasteiger partial charge in [-0.2, -0.15) is 0 Å². The predicted molar refractivity (Wildman–Crippen MR) is 163 cm³/mol. The van der Waals surface area contributed by atoms with Crippen LogP contribution in [0.5, 0.6) is 0 Å². The lowest BCUT2D eigenvalue weighted by molar-refractivity contribution is 0.661. The number of hydrogen-bond donors (Lipinski definition) is 0. The van der Waals surface area contributed by atoms with Crippen LogP contribution in [0.25, 0.3) is 61.5 Å². The van der Waals surface area contributed by atoms with E-state index in [0.717, 1.165) is 0 Å². The standard InChI is InChI=1S/C37H27N/c1-37(2)32-20-11-10-18-27(32)29-22-30-31-21-25-14-7-4-3-6-13-24-15-12-19-28(35(24)25)36(31)38(34(30)23-33(29)37)26-16-8-5-9-17-26/h3-23H,1-2H3/b4-3-,13-6+,14-7?. The molecule has 8 rings (SSSR count). The van der Waals surface area contributed by atoms with Gasteiger partial charge in [-0.25, -0.2) is 0 Å². The van der Waals surface area contributed by atoms with E-state index in [1.165, 1.54) is 71.6 Å². The van der Waals surface area contributed by atoms with Gasteiger partial charge in [-0.15, -0.1) is 0 Å². The Labute approximate surface area is 222 Å². The monoisotopic (exact) mass is 485 g/mol. The molecule has 2 aliphatic rings. The van der Waals surface area contributed by atoms with Gasteiger partial charge in [0.1, 0.15) is 0 Å². The molecule has 0 spiro atoms. The van der Waals surface area contributed by atoms with Gasteiger partial charge in [0.15, 0.2) is 0 Å². The summed E-state index contributed by atoms with van der Waals surface area (Å²) in [5.41, 5.74) is 11.7. The Morgan fingerprint density at radius 3 is 2.16 bits per heavy atom. The summed E-state index contributed by atoms with van der Waals surface area (Å²) >= 11 is 0. The minimum absolute atomic E-state index is 0.0463. The number of nitrogens with zero attached hydrogens (tertiary/aromatic N) is 1. The van der Waals surface area contributed by atoms with Crippen molar-refractivity contribution in [3.05, 3.63) is 138 Å². The van der Waals surface area contributed by atoms with E-state index in [0.29, 0.717) is 0 Å². The summed E-state index contributed by atoms with van der Waals surface area (Å²) in [6.45, 7) is 4.73. The van der Waals surface area contributed by atoms with Crippen molar-refractivity contribution in [1.82, 2.24) is 4.57 Å². The zero-order valence-electron chi connectivity index (χ0n) is 21.6. The van der Waals surface area contributed by atoms with Crippen LogP contribution in [0, 0.1) is 0 Å². The van der Waals surface area contributed by atoms with Crippen molar-refractivity contribution in [2.24, 2.45) is 0 Å². The highest BCUT2D eigenvalue weighted by Gasteiger charge is 2.36. The van der Waals surface area contributed by atoms with E-state index >= 15 is 0 Å². The topological polar surface area (TPSA) is 4.93 Å². The molecule has 2 aliphatic carbocycles. The summed E-state index contributed by atoms with van der Waals surface area (Å²) in [4.78, 5) is 0. The molecular weight excluding hydrogens is 458 g/mol. The number of aromatic nitrogens is 1. The second-order valence-corrected chi connectivity index (χ2v) is 11.0. The van der Waals surface area contributed by atoms with E-state index < -0.39 is 0 Å². The smallest absolute Gasteiger partial charge is 0.0620 e. The average Bonchev–Trinajstić information content (AvgIpc) is 3.42. The van der Waals surface area contributed by atoms with E-state index in [4.69, 9.17) is 0 Å². The molecule has 38 heavy (non-hydrogen) atoms. The summed E-state index contributed by atoms with van der Waals surface area (Å²) in [5.74, 6) is 0. The molecule has 0 N–H and O–H groups in total. The average molecular weight is 486 g/mol. The highest BCUT2D eigenvalue weighted by atomic mass is 15.0. The van der Waals surface area contributed by atoms with Crippen molar-refractivity contribution in [2.45, 2.75) is 19.3 Å². The van der Waals surface area contributed by atoms with Gasteiger partial charge in [0.2, 0.25) is 0 Å². The lowest BCUT2D eigenvalue weighted by atomic mass is 9.82. The Balaban J connectivity index is 1.61. The molecule has 1 nitrogen and oxygen atoms in total. The number of benzene rings is 5. The Hall–Kier alpha value is -4.62. The van der Waals surface area contributed by atoms with Crippen molar-refractivity contribution in [1.29, 1.82) is 0 Å². The first-order valence-corrected chi connectivity index (χ1v) is 13.4. The highest BCUT2D eigenvalue weighted by Crippen LogP contribution is 2.51. The first-order chi connectivity index (χ1) is 18.6. The zero-order chi connectivity index (χ0) is 25.4. The van der Waals surface area contributed by atoms with Crippen LogP contribution in [-0.4, -0.2) is 4.57 Å². The largest absolute Gasteiger partial charge is 0.309 e. The number of allylic oxidation sites excluding steroid dienone is 4. The molecule has 0 unspecified atom stereocenters. The maximum atomic E-state index is 2.49. The van der Waals surface area contributed by atoms with E-state index in [9.17, 15) is 0 Å². The SMILES string of the molecule is CC1(C)c2ccccc2-c2cc3c4cc5c6c(cccc6c4n(-c4ccccc4)c3cc21)/C=C/C=C\C=C5. The van der Waals surface area contributed by atoms with Crippen LogP contribution in [0.4, 0.5) is 0 Å². The quantitative estimate of drug-likeness (QED) is 0.218. The van der Waals surface area contributed by atoms with Gasteiger partial charge in [0, 0.05) is 27.3 Å². The third kappa shape index (κ3) is 2.82. The van der Waals surface area contributed by atoms with Crippen LogP contribution in [0.2, 0.25) is 0 Å². The summed E-state index contributed by atoms with van der Waals surface area (Å²) in [6, 6.07) is 33.8. The lowest BCUT2D eigenvalue weighted by Crippen LogP contribution is -2.14. The van der Waals surface area contributed by atoms with Gasteiger partial charge in [0.25, 0.3) is 0 Å².